The Balaban J connectivity index is 1.21. The third-order valence-corrected chi connectivity index (χ3v) is 6.10. The maximum absolute atomic E-state index is 12.9. The van der Waals surface area contributed by atoms with Crippen LogP contribution in [0.25, 0.3) is 0 Å². The summed E-state index contributed by atoms with van der Waals surface area (Å²) in [7, 11) is 0. The van der Waals surface area contributed by atoms with Crippen molar-refractivity contribution in [3.05, 3.63) is 54.1 Å². The van der Waals surface area contributed by atoms with E-state index in [9.17, 15) is 9.59 Å². The molecule has 2 saturated heterocycles. The summed E-state index contributed by atoms with van der Waals surface area (Å²) >= 11 is 0. The van der Waals surface area contributed by atoms with Crippen LogP contribution in [0.2, 0.25) is 0 Å². The molecule has 3 aliphatic rings. The van der Waals surface area contributed by atoms with Crippen molar-refractivity contribution >= 4 is 11.9 Å². The number of imide groups is 1. The molecule has 8 heteroatoms. The minimum Gasteiger partial charge on any atom is -0.489 e. The lowest BCUT2D eigenvalue weighted by molar-refractivity contribution is -0.126. The van der Waals surface area contributed by atoms with Gasteiger partial charge in [-0.2, -0.15) is 0 Å². The Morgan fingerprint density at radius 2 is 1.84 bits per heavy atom. The standard InChI is InChI=1S/C24H27N3O5/c28-23-14-26(18-8-10-25-11-9-18)24(29)27(23)13-20-16-31-21-7-6-19(12-22(21)32-20)30-15-17-4-2-1-3-5-17/h1-7,12,18,20,25H,8-11,13-16H2/t20-/m1/s1. The van der Waals surface area contributed by atoms with Gasteiger partial charge in [-0.05, 0) is 43.6 Å². The predicted octanol–water partition coefficient (Wildman–Crippen LogP) is 2.42. The Hall–Kier alpha value is -3.26. The highest BCUT2D eigenvalue weighted by molar-refractivity contribution is 6.02. The lowest BCUT2D eigenvalue weighted by Gasteiger charge is -2.32. The van der Waals surface area contributed by atoms with Gasteiger partial charge >= 0.3 is 6.03 Å². The first-order valence-electron chi connectivity index (χ1n) is 11.1. The van der Waals surface area contributed by atoms with Crippen LogP contribution in [0.3, 0.4) is 0 Å². The summed E-state index contributed by atoms with van der Waals surface area (Å²) < 4.78 is 17.8. The van der Waals surface area contributed by atoms with Gasteiger partial charge in [0.2, 0.25) is 5.91 Å². The van der Waals surface area contributed by atoms with Crippen molar-refractivity contribution in [3.63, 3.8) is 0 Å². The van der Waals surface area contributed by atoms with E-state index >= 15 is 0 Å². The Morgan fingerprint density at radius 1 is 1.03 bits per heavy atom. The molecule has 3 heterocycles. The molecule has 32 heavy (non-hydrogen) atoms. The monoisotopic (exact) mass is 437 g/mol. The fraction of sp³-hybridized carbons (Fsp3) is 0.417. The van der Waals surface area contributed by atoms with Crippen molar-refractivity contribution in [2.45, 2.75) is 31.6 Å². The second-order valence-electron chi connectivity index (χ2n) is 8.33. The molecule has 3 aliphatic heterocycles. The molecule has 2 fully saturated rings. The molecule has 1 N–H and O–H groups in total. The van der Waals surface area contributed by atoms with Crippen molar-refractivity contribution in [1.82, 2.24) is 15.1 Å². The smallest absolute Gasteiger partial charge is 0.327 e. The molecule has 0 radical (unpaired) electrons. The van der Waals surface area contributed by atoms with E-state index in [1.807, 2.05) is 42.5 Å². The lowest BCUT2D eigenvalue weighted by Crippen LogP contribution is -2.47. The van der Waals surface area contributed by atoms with Gasteiger partial charge in [-0.1, -0.05) is 30.3 Å². The molecule has 1 atom stereocenters. The van der Waals surface area contributed by atoms with Crippen LogP contribution < -0.4 is 19.5 Å². The fourth-order valence-corrected chi connectivity index (χ4v) is 4.36. The molecular weight excluding hydrogens is 410 g/mol. The van der Waals surface area contributed by atoms with Crippen molar-refractivity contribution in [3.8, 4) is 17.2 Å². The van der Waals surface area contributed by atoms with Crippen LogP contribution in [0.5, 0.6) is 17.2 Å². The Bertz CT molecular complexity index is 977. The normalized spacial score (nSPS) is 21.2. The number of carbonyl (C=O) groups is 2. The number of fused-ring (bicyclic) bond motifs is 1. The summed E-state index contributed by atoms with van der Waals surface area (Å²) in [6, 6.07) is 15.3. The zero-order valence-electron chi connectivity index (χ0n) is 17.9. The van der Waals surface area contributed by atoms with Crippen molar-refractivity contribution in [1.29, 1.82) is 0 Å². The first kappa shape index (κ1) is 20.6. The molecule has 2 aromatic carbocycles. The first-order chi connectivity index (χ1) is 15.7. The summed E-state index contributed by atoms with van der Waals surface area (Å²) in [5.74, 6) is 1.68. The highest BCUT2D eigenvalue weighted by Gasteiger charge is 2.41. The Morgan fingerprint density at radius 3 is 2.66 bits per heavy atom. The molecule has 3 amide bonds. The quantitative estimate of drug-likeness (QED) is 0.700. The predicted molar refractivity (Wildman–Crippen MR) is 117 cm³/mol. The zero-order chi connectivity index (χ0) is 21.9. The van der Waals surface area contributed by atoms with Crippen LogP contribution in [0, 0.1) is 0 Å². The van der Waals surface area contributed by atoms with Gasteiger partial charge in [-0.15, -0.1) is 0 Å². The second-order valence-corrected chi connectivity index (χ2v) is 8.33. The van der Waals surface area contributed by atoms with Crippen LogP contribution in [0.1, 0.15) is 18.4 Å². The van der Waals surface area contributed by atoms with E-state index in [0.29, 0.717) is 23.9 Å². The van der Waals surface area contributed by atoms with Crippen LogP contribution in [-0.2, 0) is 11.4 Å². The minimum atomic E-state index is -0.423. The van der Waals surface area contributed by atoms with Crippen molar-refractivity contribution in [2.24, 2.45) is 0 Å². The van der Waals surface area contributed by atoms with E-state index in [2.05, 4.69) is 5.32 Å². The van der Waals surface area contributed by atoms with E-state index in [-0.39, 0.29) is 37.7 Å². The fourth-order valence-electron chi connectivity index (χ4n) is 4.36. The molecular formula is C24H27N3O5. The van der Waals surface area contributed by atoms with Crippen LogP contribution in [-0.4, -0.2) is 66.7 Å². The first-order valence-corrected chi connectivity index (χ1v) is 11.1. The van der Waals surface area contributed by atoms with Gasteiger partial charge in [-0.3, -0.25) is 9.69 Å². The van der Waals surface area contributed by atoms with Crippen LogP contribution >= 0.6 is 0 Å². The number of ether oxygens (including phenoxy) is 3. The third kappa shape index (κ3) is 4.36. The number of hydrogen-bond donors (Lipinski definition) is 1. The summed E-state index contributed by atoms with van der Waals surface area (Å²) in [5.41, 5.74) is 1.07. The second kappa shape index (κ2) is 9.08. The number of carbonyl (C=O) groups excluding carboxylic acids is 2. The number of nitrogens with zero attached hydrogens (tertiary/aromatic N) is 2. The average Bonchev–Trinajstić information content (AvgIpc) is 3.12. The SMILES string of the molecule is O=C1CN(C2CCNCC2)C(=O)N1C[C@@H]1COc2ccc(OCc3ccccc3)cc2O1. The molecule has 0 bridgehead atoms. The maximum Gasteiger partial charge on any atom is 0.327 e. The van der Waals surface area contributed by atoms with E-state index in [0.717, 1.165) is 31.5 Å². The van der Waals surface area contributed by atoms with E-state index in [1.54, 1.807) is 11.0 Å². The van der Waals surface area contributed by atoms with Gasteiger partial charge in [0.05, 0.1) is 6.54 Å². The van der Waals surface area contributed by atoms with E-state index in [1.165, 1.54) is 4.90 Å². The minimum absolute atomic E-state index is 0.117. The Kier molecular flexibility index (Phi) is 5.85. The van der Waals surface area contributed by atoms with Gasteiger partial charge < -0.3 is 24.4 Å². The number of rotatable bonds is 6. The van der Waals surface area contributed by atoms with Gasteiger partial charge in [0.1, 0.15) is 25.5 Å². The highest BCUT2D eigenvalue weighted by atomic mass is 16.6. The van der Waals surface area contributed by atoms with Crippen molar-refractivity contribution < 1.29 is 23.8 Å². The number of urea groups is 1. The summed E-state index contributed by atoms with van der Waals surface area (Å²) in [6.45, 7) is 2.79. The molecule has 168 valence electrons. The topological polar surface area (TPSA) is 80.3 Å². The number of piperidine rings is 1. The van der Waals surface area contributed by atoms with Gasteiger partial charge in [0, 0.05) is 12.1 Å². The van der Waals surface area contributed by atoms with Gasteiger partial charge in [-0.25, -0.2) is 4.79 Å². The summed E-state index contributed by atoms with van der Waals surface area (Å²) in [4.78, 5) is 28.5. The number of benzene rings is 2. The van der Waals surface area contributed by atoms with Crippen molar-refractivity contribution in [2.75, 3.05) is 32.8 Å². The van der Waals surface area contributed by atoms with E-state index in [4.69, 9.17) is 14.2 Å². The summed E-state index contributed by atoms with van der Waals surface area (Å²) in [6.07, 6.45) is 1.32. The average molecular weight is 437 g/mol. The molecule has 0 aromatic heterocycles. The molecule has 0 saturated carbocycles. The van der Waals surface area contributed by atoms with Crippen LogP contribution in [0.15, 0.2) is 48.5 Å². The zero-order valence-corrected chi connectivity index (χ0v) is 17.9. The largest absolute Gasteiger partial charge is 0.489 e. The lowest BCUT2D eigenvalue weighted by atomic mass is 10.1. The number of amides is 3. The number of nitrogens with one attached hydrogen (secondary N) is 1. The molecule has 0 aliphatic carbocycles. The maximum atomic E-state index is 12.9. The highest BCUT2D eigenvalue weighted by Crippen LogP contribution is 2.35. The number of hydrogen-bond acceptors (Lipinski definition) is 6. The third-order valence-electron chi connectivity index (χ3n) is 6.10. The Labute approximate surface area is 187 Å². The summed E-state index contributed by atoms with van der Waals surface area (Å²) in [5, 5.41) is 3.29. The van der Waals surface area contributed by atoms with Gasteiger partial charge in [0.15, 0.2) is 17.6 Å². The molecule has 5 rings (SSSR count). The van der Waals surface area contributed by atoms with E-state index < -0.39 is 6.10 Å². The molecule has 8 nitrogen and oxygen atoms in total. The molecule has 0 spiro atoms. The molecule has 0 unspecified atom stereocenters. The van der Waals surface area contributed by atoms with Gasteiger partial charge in [0.25, 0.3) is 0 Å². The molecule has 2 aromatic rings. The van der Waals surface area contributed by atoms with Crippen LogP contribution in [0.4, 0.5) is 4.79 Å².